The van der Waals surface area contributed by atoms with E-state index in [0.717, 1.165) is 21.7 Å². The molecule has 0 amide bonds. The van der Waals surface area contributed by atoms with Gasteiger partial charge in [-0.1, -0.05) is 34.1 Å². The van der Waals surface area contributed by atoms with E-state index in [2.05, 4.69) is 15.9 Å². The molecule has 0 aliphatic heterocycles. The molecule has 0 heterocycles. The molecule has 2 rings (SSSR count). The third kappa shape index (κ3) is 3.19. The number of hydrogen-bond acceptors (Lipinski definition) is 1. The highest BCUT2D eigenvalue weighted by Gasteiger charge is 2.12. The first-order valence-electron chi connectivity index (χ1n) is 5.93. The van der Waals surface area contributed by atoms with Gasteiger partial charge in [0, 0.05) is 10.5 Å². The maximum atomic E-state index is 13.2. The molecule has 0 spiro atoms. The fraction of sp³-hybridized carbons (Fsp3) is 0.200. The zero-order valence-corrected chi connectivity index (χ0v) is 12.0. The molecular formula is C15H14BrF2N. The minimum Gasteiger partial charge on any atom is -0.324 e. The quantitative estimate of drug-likeness (QED) is 0.895. The average Bonchev–Trinajstić information content (AvgIpc) is 2.37. The van der Waals surface area contributed by atoms with Crippen molar-refractivity contribution >= 4 is 15.9 Å². The van der Waals surface area contributed by atoms with Crippen LogP contribution in [0.3, 0.4) is 0 Å². The topological polar surface area (TPSA) is 26.0 Å². The fourth-order valence-corrected chi connectivity index (χ4v) is 2.44. The van der Waals surface area contributed by atoms with Gasteiger partial charge in [-0.2, -0.15) is 0 Å². The highest BCUT2D eigenvalue weighted by molar-refractivity contribution is 9.10. The van der Waals surface area contributed by atoms with Crippen LogP contribution in [0.25, 0.3) is 0 Å². The smallest absolute Gasteiger partial charge is 0.159 e. The van der Waals surface area contributed by atoms with Crippen molar-refractivity contribution < 1.29 is 8.78 Å². The van der Waals surface area contributed by atoms with Gasteiger partial charge in [-0.15, -0.1) is 0 Å². The van der Waals surface area contributed by atoms with Gasteiger partial charge in [-0.3, -0.25) is 0 Å². The Morgan fingerprint density at radius 3 is 2.58 bits per heavy atom. The van der Waals surface area contributed by atoms with Crippen molar-refractivity contribution in [3.05, 3.63) is 69.2 Å². The van der Waals surface area contributed by atoms with Crippen molar-refractivity contribution in [2.45, 2.75) is 19.4 Å². The molecule has 0 fully saturated rings. The summed E-state index contributed by atoms with van der Waals surface area (Å²) in [6, 6.07) is 9.45. The fourth-order valence-electron chi connectivity index (χ4n) is 2.06. The van der Waals surface area contributed by atoms with Gasteiger partial charge in [0.1, 0.15) is 0 Å². The number of halogens is 3. The van der Waals surface area contributed by atoms with Crippen LogP contribution in [-0.2, 0) is 6.42 Å². The first-order chi connectivity index (χ1) is 8.99. The molecule has 0 aliphatic rings. The van der Waals surface area contributed by atoms with Crippen LogP contribution in [0, 0.1) is 18.6 Å². The summed E-state index contributed by atoms with van der Waals surface area (Å²) in [7, 11) is 0. The minimum absolute atomic E-state index is 0.248. The Labute approximate surface area is 119 Å². The lowest BCUT2D eigenvalue weighted by Gasteiger charge is -2.16. The summed E-state index contributed by atoms with van der Waals surface area (Å²) in [5.74, 6) is -1.67. The Bertz CT molecular complexity index is 599. The molecule has 2 N–H and O–H groups in total. The summed E-state index contributed by atoms with van der Waals surface area (Å²) >= 11 is 3.46. The van der Waals surface area contributed by atoms with E-state index in [0.29, 0.717) is 12.0 Å². The molecule has 1 atom stereocenters. The van der Waals surface area contributed by atoms with Gasteiger partial charge in [0.25, 0.3) is 0 Å². The molecule has 0 aromatic heterocycles. The molecule has 19 heavy (non-hydrogen) atoms. The molecule has 0 bridgehead atoms. The van der Waals surface area contributed by atoms with E-state index in [4.69, 9.17) is 5.73 Å². The molecule has 100 valence electrons. The van der Waals surface area contributed by atoms with Gasteiger partial charge in [0.15, 0.2) is 11.6 Å². The molecule has 0 radical (unpaired) electrons. The summed E-state index contributed by atoms with van der Waals surface area (Å²) in [5.41, 5.74) is 8.90. The summed E-state index contributed by atoms with van der Waals surface area (Å²) < 4.78 is 27.0. The first kappa shape index (κ1) is 14.2. The van der Waals surface area contributed by atoms with E-state index < -0.39 is 11.6 Å². The Hall–Kier alpha value is -1.26. The first-order valence-corrected chi connectivity index (χ1v) is 6.73. The van der Waals surface area contributed by atoms with Crippen LogP contribution in [-0.4, -0.2) is 0 Å². The van der Waals surface area contributed by atoms with Crippen LogP contribution >= 0.6 is 15.9 Å². The van der Waals surface area contributed by atoms with Crippen LogP contribution in [0.1, 0.15) is 22.7 Å². The van der Waals surface area contributed by atoms with E-state index in [-0.39, 0.29) is 6.04 Å². The molecule has 4 heteroatoms. The summed E-state index contributed by atoms with van der Waals surface area (Å²) in [5, 5.41) is 0. The average molecular weight is 326 g/mol. The van der Waals surface area contributed by atoms with Crippen LogP contribution in [0.15, 0.2) is 40.9 Å². The van der Waals surface area contributed by atoms with Gasteiger partial charge in [-0.05, 0) is 48.2 Å². The normalized spacial score (nSPS) is 12.5. The van der Waals surface area contributed by atoms with Gasteiger partial charge in [0.05, 0.1) is 0 Å². The number of benzene rings is 2. The van der Waals surface area contributed by atoms with Crippen molar-refractivity contribution in [2.75, 3.05) is 0 Å². The van der Waals surface area contributed by atoms with Crippen molar-refractivity contribution in [3.63, 3.8) is 0 Å². The molecule has 1 unspecified atom stereocenters. The molecule has 1 nitrogen and oxygen atoms in total. The Morgan fingerprint density at radius 1 is 1.16 bits per heavy atom. The number of hydrogen-bond donors (Lipinski definition) is 1. The van der Waals surface area contributed by atoms with Gasteiger partial charge in [0.2, 0.25) is 0 Å². The predicted molar refractivity (Wildman–Crippen MR) is 75.9 cm³/mol. The summed E-state index contributed by atoms with van der Waals surface area (Å²) in [6.07, 6.45) is 0.467. The molecule has 0 saturated heterocycles. The van der Waals surface area contributed by atoms with E-state index in [1.807, 2.05) is 25.1 Å². The molecular weight excluding hydrogens is 312 g/mol. The van der Waals surface area contributed by atoms with Crippen molar-refractivity contribution in [3.8, 4) is 0 Å². The zero-order chi connectivity index (χ0) is 14.0. The van der Waals surface area contributed by atoms with Crippen molar-refractivity contribution in [1.29, 1.82) is 0 Å². The van der Waals surface area contributed by atoms with Gasteiger partial charge in [-0.25, -0.2) is 8.78 Å². The Morgan fingerprint density at radius 2 is 1.89 bits per heavy atom. The van der Waals surface area contributed by atoms with E-state index in [1.165, 1.54) is 6.07 Å². The maximum absolute atomic E-state index is 13.2. The third-order valence-corrected chi connectivity index (χ3v) is 4.01. The highest BCUT2D eigenvalue weighted by Crippen LogP contribution is 2.25. The molecule has 0 saturated carbocycles. The van der Waals surface area contributed by atoms with Gasteiger partial charge < -0.3 is 5.73 Å². The predicted octanol–water partition coefficient (Wildman–Crippen LogP) is 4.28. The maximum Gasteiger partial charge on any atom is 0.159 e. The third-order valence-electron chi connectivity index (χ3n) is 3.15. The van der Waals surface area contributed by atoms with E-state index >= 15 is 0 Å². The SMILES string of the molecule is Cc1c(Br)cccc1C(N)Cc1ccc(F)c(F)c1. The van der Waals surface area contributed by atoms with Crippen LogP contribution < -0.4 is 5.73 Å². The van der Waals surface area contributed by atoms with Crippen molar-refractivity contribution in [1.82, 2.24) is 0 Å². The molecule has 2 aromatic carbocycles. The number of rotatable bonds is 3. The monoisotopic (exact) mass is 325 g/mol. The second-order valence-electron chi connectivity index (χ2n) is 4.51. The Kier molecular flexibility index (Phi) is 4.32. The number of nitrogens with two attached hydrogens (primary N) is 1. The van der Waals surface area contributed by atoms with Crippen molar-refractivity contribution in [2.24, 2.45) is 5.73 Å². The van der Waals surface area contributed by atoms with Gasteiger partial charge >= 0.3 is 0 Å². The second-order valence-corrected chi connectivity index (χ2v) is 5.37. The summed E-state index contributed by atoms with van der Waals surface area (Å²) in [4.78, 5) is 0. The van der Waals surface area contributed by atoms with E-state index in [9.17, 15) is 8.78 Å². The van der Waals surface area contributed by atoms with Crippen LogP contribution in [0.5, 0.6) is 0 Å². The molecule has 0 aliphatic carbocycles. The second kappa shape index (κ2) is 5.80. The van der Waals surface area contributed by atoms with Crippen LogP contribution in [0.4, 0.5) is 8.78 Å². The largest absolute Gasteiger partial charge is 0.324 e. The van der Waals surface area contributed by atoms with Crippen LogP contribution in [0.2, 0.25) is 0 Å². The summed E-state index contributed by atoms with van der Waals surface area (Å²) in [6.45, 7) is 1.98. The lowest BCUT2D eigenvalue weighted by Crippen LogP contribution is -2.15. The lowest BCUT2D eigenvalue weighted by molar-refractivity contribution is 0.506. The van der Waals surface area contributed by atoms with E-state index in [1.54, 1.807) is 6.07 Å². The minimum atomic E-state index is -0.837. The highest BCUT2D eigenvalue weighted by atomic mass is 79.9. The zero-order valence-electron chi connectivity index (χ0n) is 10.5. The standard InChI is InChI=1S/C15H14BrF2N/c1-9-11(3-2-4-12(9)16)15(19)8-10-5-6-13(17)14(18)7-10/h2-7,15H,8,19H2,1H3. The lowest BCUT2D eigenvalue weighted by atomic mass is 9.96. The Balaban J connectivity index is 2.23. The molecule has 2 aromatic rings.